The number of carbonyl (C=O) groups excluding carboxylic acids is 1. The van der Waals surface area contributed by atoms with Crippen molar-refractivity contribution in [3.05, 3.63) is 24.3 Å². The van der Waals surface area contributed by atoms with Crippen LogP contribution in [0.3, 0.4) is 0 Å². The van der Waals surface area contributed by atoms with Crippen LogP contribution in [0.15, 0.2) is 24.3 Å². The first-order valence-corrected chi connectivity index (χ1v) is 8.85. The van der Waals surface area contributed by atoms with Crippen molar-refractivity contribution in [1.29, 1.82) is 0 Å². The van der Waals surface area contributed by atoms with Crippen LogP contribution in [0.5, 0.6) is 5.75 Å². The van der Waals surface area contributed by atoms with E-state index in [4.69, 9.17) is 29.8 Å². The number of hydrogen-bond donors (Lipinski definition) is 3. The molecule has 0 aliphatic heterocycles. The number of nitrogens with two attached hydrogens (primary N) is 1. The Hall–Kier alpha value is -2.40. The van der Waals surface area contributed by atoms with Gasteiger partial charge in [0.15, 0.2) is 0 Å². The number of hydrogen-bond acceptors (Lipinski definition) is 8. The molecule has 158 valence electrons. The fourth-order valence-corrected chi connectivity index (χ4v) is 1.87. The van der Waals surface area contributed by atoms with E-state index in [2.05, 4.69) is 10.1 Å². The van der Waals surface area contributed by atoms with E-state index in [9.17, 15) is 9.59 Å². The minimum absolute atomic E-state index is 0.291. The minimum Gasteiger partial charge on any atom is -0.491 e. The highest BCUT2D eigenvalue weighted by molar-refractivity contribution is 5.77. The second-order valence-electron chi connectivity index (χ2n) is 5.49. The molecule has 0 spiro atoms. The predicted molar refractivity (Wildman–Crippen MR) is 100 cm³/mol. The molecule has 0 aliphatic carbocycles. The van der Waals surface area contributed by atoms with E-state index in [1.54, 1.807) is 24.3 Å². The topological polar surface area (TPSA) is 139 Å². The lowest BCUT2D eigenvalue weighted by atomic mass is 10.3. The van der Waals surface area contributed by atoms with E-state index in [1.165, 1.54) is 0 Å². The Morgan fingerprint density at radius 2 is 1.39 bits per heavy atom. The zero-order chi connectivity index (χ0) is 20.5. The average molecular weight is 400 g/mol. The molecular weight excluding hydrogens is 372 g/mol. The van der Waals surface area contributed by atoms with Crippen LogP contribution in [0.1, 0.15) is 0 Å². The highest BCUT2D eigenvalue weighted by Crippen LogP contribution is 2.12. The van der Waals surface area contributed by atoms with Gasteiger partial charge in [-0.25, -0.2) is 4.79 Å². The third-order valence-electron chi connectivity index (χ3n) is 3.15. The fraction of sp³-hybridized carbons (Fsp3) is 0.556. The van der Waals surface area contributed by atoms with Crippen LogP contribution in [0.2, 0.25) is 0 Å². The van der Waals surface area contributed by atoms with E-state index < -0.39 is 18.5 Å². The summed E-state index contributed by atoms with van der Waals surface area (Å²) in [5.41, 5.74) is 6.28. The van der Waals surface area contributed by atoms with Gasteiger partial charge in [-0.3, -0.25) is 4.79 Å². The van der Waals surface area contributed by atoms with Gasteiger partial charge in [0.05, 0.1) is 39.6 Å². The summed E-state index contributed by atoms with van der Waals surface area (Å²) in [6.45, 7) is 2.47. The number of carboxylic acids is 1. The summed E-state index contributed by atoms with van der Waals surface area (Å²) in [5.74, 6) is -0.762. The molecule has 1 rings (SSSR count). The first kappa shape index (κ1) is 23.6. The van der Waals surface area contributed by atoms with Gasteiger partial charge in [-0.2, -0.15) is 0 Å². The zero-order valence-electron chi connectivity index (χ0n) is 15.8. The molecule has 0 aromatic heterocycles. The lowest BCUT2D eigenvalue weighted by Gasteiger charge is -2.09. The molecular formula is C18H28N2O8. The van der Waals surface area contributed by atoms with Gasteiger partial charge in [0.1, 0.15) is 25.6 Å². The van der Waals surface area contributed by atoms with Crippen LogP contribution in [0.25, 0.3) is 0 Å². The maximum Gasteiger partial charge on any atom is 0.329 e. The van der Waals surface area contributed by atoms with Crippen molar-refractivity contribution < 1.29 is 38.4 Å². The first-order valence-electron chi connectivity index (χ1n) is 8.85. The second-order valence-corrected chi connectivity index (χ2v) is 5.49. The Balaban J connectivity index is 1.78. The van der Waals surface area contributed by atoms with E-state index >= 15 is 0 Å². The van der Waals surface area contributed by atoms with E-state index in [0.717, 1.165) is 5.75 Å². The Morgan fingerprint density at radius 1 is 0.821 bits per heavy atom. The number of aliphatic carboxylic acids is 1. The zero-order valence-corrected chi connectivity index (χ0v) is 15.8. The summed E-state index contributed by atoms with van der Waals surface area (Å²) >= 11 is 0. The lowest BCUT2D eigenvalue weighted by molar-refractivity contribution is -0.143. The monoisotopic (exact) mass is 400 g/mol. The van der Waals surface area contributed by atoms with Crippen LogP contribution < -0.4 is 15.8 Å². The van der Waals surface area contributed by atoms with Gasteiger partial charge < -0.3 is 39.8 Å². The number of anilines is 1. The lowest BCUT2D eigenvalue weighted by Crippen LogP contribution is -2.31. The molecule has 10 heteroatoms. The number of rotatable bonds is 17. The van der Waals surface area contributed by atoms with Crippen LogP contribution in [0, 0.1) is 0 Å². The Bertz CT molecular complexity index is 553. The number of benzene rings is 1. The predicted octanol–water partition coefficient (Wildman–Crippen LogP) is -0.0852. The first-order chi connectivity index (χ1) is 13.6. The number of nitrogen functional groups attached to an aromatic ring is 1. The van der Waals surface area contributed by atoms with Crippen LogP contribution in [-0.2, 0) is 28.5 Å². The van der Waals surface area contributed by atoms with Crippen molar-refractivity contribution in [2.45, 2.75) is 0 Å². The summed E-state index contributed by atoms with van der Waals surface area (Å²) in [4.78, 5) is 21.5. The van der Waals surface area contributed by atoms with Gasteiger partial charge in [0.2, 0.25) is 5.91 Å². The molecule has 4 N–H and O–H groups in total. The summed E-state index contributed by atoms with van der Waals surface area (Å²) in [5, 5.41) is 10.9. The highest BCUT2D eigenvalue weighted by atomic mass is 16.6. The second kappa shape index (κ2) is 15.6. The van der Waals surface area contributed by atoms with Gasteiger partial charge in [-0.1, -0.05) is 0 Å². The summed E-state index contributed by atoms with van der Waals surface area (Å²) in [6.07, 6.45) is 0. The molecule has 0 saturated carbocycles. The quantitative estimate of drug-likeness (QED) is 0.242. The number of carboxylic acid groups (broad SMARTS) is 1. The third-order valence-corrected chi connectivity index (χ3v) is 3.15. The Kier molecular flexibility index (Phi) is 13.2. The molecule has 0 bridgehead atoms. The molecule has 0 atom stereocenters. The number of carbonyl (C=O) groups is 2. The van der Waals surface area contributed by atoms with Gasteiger partial charge in [-0.05, 0) is 24.3 Å². The average Bonchev–Trinajstić information content (AvgIpc) is 2.66. The summed E-state index contributed by atoms with van der Waals surface area (Å²) < 4.78 is 26.1. The normalized spacial score (nSPS) is 10.6. The van der Waals surface area contributed by atoms with Gasteiger partial charge in [-0.15, -0.1) is 0 Å². The molecule has 0 aliphatic rings. The molecule has 1 aromatic rings. The Labute approximate surface area is 163 Å². The number of ether oxygens (including phenoxy) is 5. The van der Waals surface area contributed by atoms with Gasteiger partial charge in [0.25, 0.3) is 0 Å². The maximum atomic E-state index is 11.3. The smallest absolute Gasteiger partial charge is 0.329 e. The Morgan fingerprint density at radius 3 is 2.00 bits per heavy atom. The van der Waals surface area contributed by atoms with E-state index in [1.807, 2.05) is 0 Å². The summed E-state index contributed by atoms with van der Waals surface area (Å²) in [7, 11) is 0. The molecule has 0 fully saturated rings. The van der Waals surface area contributed by atoms with E-state index in [0.29, 0.717) is 58.5 Å². The number of amides is 1. The van der Waals surface area contributed by atoms with Crippen LogP contribution in [0.4, 0.5) is 5.69 Å². The molecule has 0 unspecified atom stereocenters. The summed E-state index contributed by atoms with van der Waals surface area (Å²) in [6, 6.07) is 7.15. The van der Waals surface area contributed by atoms with Crippen LogP contribution in [-0.4, -0.2) is 83.0 Å². The van der Waals surface area contributed by atoms with Gasteiger partial charge in [0, 0.05) is 12.2 Å². The molecule has 10 nitrogen and oxygen atoms in total. The van der Waals surface area contributed by atoms with E-state index in [-0.39, 0.29) is 6.61 Å². The van der Waals surface area contributed by atoms with Crippen molar-refractivity contribution in [2.75, 3.05) is 71.7 Å². The van der Waals surface area contributed by atoms with Crippen molar-refractivity contribution in [3.63, 3.8) is 0 Å². The number of nitrogens with one attached hydrogen (secondary N) is 1. The molecule has 28 heavy (non-hydrogen) atoms. The fourth-order valence-electron chi connectivity index (χ4n) is 1.87. The highest BCUT2D eigenvalue weighted by Gasteiger charge is 2.02. The van der Waals surface area contributed by atoms with Crippen molar-refractivity contribution >= 4 is 17.6 Å². The minimum atomic E-state index is -1.12. The molecule has 1 amide bonds. The molecule has 0 heterocycles. The van der Waals surface area contributed by atoms with Crippen molar-refractivity contribution in [3.8, 4) is 5.75 Å². The van der Waals surface area contributed by atoms with Crippen molar-refractivity contribution in [1.82, 2.24) is 5.32 Å². The molecule has 0 saturated heterocycles. The molecule has 0 radical (unpaired) electrons. The van der Waals surface area contributed by atoms with Crippen LogP contribution >= 0.6 is 0 Å². The SMILES string of the molecule is Nc1ccc(OCCOCCOCCOCCNC(=O)COCC(=O)O)cc1. The third kappa shape index (κ3) is 13.8. The van der Waals surface area contributed by atoms with Gasteiger partial charge >= 0.3 is 5.97 Å². The standard InChI is InChI=1S/C18H28N2O8/c19-15-1-3-16(4-2-15)28-12-11-26-10-9-25-8-7-24-6-5-20-17(21)13-27-14-18(22)23/h1-4H,5-14,19H2,(H,20,21)(H,22,23). The maximum absolute atomic E-state index is 11.3. The van der Waals surface area contributed by atoms with Crippen molar-refractivity contribution in [2.24, 2.45) is 0 Å². The molecule has 1 aromatic carbocycles. The largest absolute Gasteiger partial charge is 0.491 e.